The highest BCUT2D eigenvalue weighted by atomic mass is 17.0. The van der Waals surface area contributed by atoms with E-state index < -0.39 is 5.09 Å². The van der Waals surface area contributed by atoms with Crippen LogP contribution in [0.15, 0.2) is 18.8 Å². The zero-order valence-electron chi connectivity index (χ0n) is 7.06. The Bertz CT molecular complexity index is 349. The number of hydrogen-bond donors (Lipinski definition) is 0. The smallest absolute Gasteiger partial charge is 0.274 e. The van der Waals surface area contributed by atoms with E-state index in [0.29, 0.717) is 11.3 Å². The van der Waals surface area contributed by atoms with Gasteiger partial charge >= 0.3 is 0 Å². The third-order valence-corrected chi connectivity index (χ3v) is 1.49. The molecule has 0 radical (unpaired) electrons. The van der Waals surface area contributed by atoms with E-state index in [9.17, 15) is 10.1 Å². The molecule has 0 unspecified atom stereocenters. The standard InChI is InChI=1S/C8H8N2O3/c1-3-7-8(13-10(11)12)6(2)4-5-9-7/h3-5H,1H2,2H3. The fourth-order valence-electron chi connectivity index (χ4n) is 0.904. The molecule has 1 rings (SSSR count). The second-order valence-electron chi connectivity index (χ2n) is 2.36. The topological polar surface area (TPSA) is 65.3 Å². The number of nitrogens with zero attached hydrogens (tertiary/aromatic N) is 2. The Morgan fingerprint density at radius 1 is 1.77 bits per heavy atom. The molecule has 0 N–H and O–H groups in total. The van der Waals surface area contributed by atoms with Gasteiger partial charge in [0.1, 0.15) is 0 Å². The first-order chi connectivity index (χ1) is 6.15. The van der Waals surface area contributed by atoms with Crippen LogP contribution < -0.4 is 4.84 Å². The van der Waals surface area contributed by atoms with E-state index in [1.807, 2.05) is 0 Å². The van der Waals surface area contributed by atoms with E-state index in [1.165, 1.54) is 6.08 Å². The molecule has 0 aromatic carbocycles. The Labute approximate surface area is 74.8 Å². The minimum atomic E-state index is -0.864. The summed E-state index contributed by atoms with van der Waals surface area (Å²) in [6.07, 6.45) is 2.95. The minimum Gasteiger partial charge on any atom is -0.274 e. The zero-order valence-corrected chi connectivity index (χ0v) is 7.06. The summed E-state index contributed by atoms with van der Waals surface area (Å²) in [5, 5.41) is 9.25. The lowest BCUT2D eigenvalue weighted by molar-refractivity contribution is -0.711. The molecular weight excluding hydrogens is 172 g/mol. The van der Waals surface area contributed by atoms with Gasteiger partial charge in [-0.25, -0.2) is 0 Å². The lowest BCUT2D eigenvalue weighted by Gasteiger charge is -2.04. The summed E-state index contributed by atoms with van der Waals surface area (Å²) in [4.78, 5) is 18.3. The first kappa shape index (κ1) is 9.18. The van der Waals surface area contributed by atoms with Crippen molar-refractivity contribution in [2.75, 3.05) is 0 Å². The van der Waals surface area contributed by atoms with Gasteiger partial charge in [0.05, 0.1) is 5.69 Å². The molecule has 0 saturated heterocycles. The summed E-state index contributed by atoms with van der Waals surface area (Å²) in [5.74, 6) is 0.141. The summed E-state index contributed by atoms with van der Waals surface area (Å²) in [6, 6.07) is 1.63. The number of rotatable bonds is 3. The second-order valence-corrected chi connectivity index (χ2v) is 2.36. The third kappa shape index (κ3) is 2.02. The van der Waals surface area contributed by atoms with Crippen LogP contribution in [-0.2, 0) is 0 Å². The zero-order chi connectivity index (χ0) is 9.84. The van der Waals surface area contributed by atoms with Crippen molar-refractivity contribution in [3.63, 3.8) is 0 Å². The SMILES string of the molecule is C=Cc1nccc(C)c1O[N+](=O)[O-]. The maximum atomic E-state index is 10.1. The van der Waals surface area contributed by atoms with Crippen LogP contribution in [0.25, 0.3) is 6.08 Å². The van der Waals surface area contributed by atoms with Crippen LogP contribution in [0.5, 0.6) is 5.75 Å². The van der Waals surface area contributed by atoms with Gasteiger partial charge in [-0.05, 0) is 24.6 Å². The average molecular weight is 180 g/mol. The fraction of sp³-hybridized carbons (Fsp3) is 0.125. The molecule has 1 heterocycles. The van der Waals surface area contributed by atoms with Crippen LogP contribution in [0, 0.1) is 17.0 Å². The Morgan fingerprint density at radius 3 is 3.00 bits per heavy atom. The van der Waals surface area contributed by atoms with Gasteiger partial charge < -0.3 is 0 Å². The van der Waals surface area contributed by atoms with E-state index in [2.05, 4.69) is 16.4 Å². The first-order valence-electron chi connectivity index (χ1n) is 3.55. The van der Waals surface area contributed by atoms with E-state index in [1.54, 1.807) is 19.2 Å². The maximum absolute atomic E-state index is 10.1. The summed E-state index contributed by atoms with van der Waals surface area (Å²) in [6.45, 7) is 5.18. The number of aryl methyl sites for hydroxylation is 1. The highest BCUT2D eigenvalue weighted by Crippen LogP contribution is 2.21. The largest absolute Gasteiger partial charge is 0.299 e. The van der Waals surface area contributed by atoms with Crippen molar-refractivity contribution in [1.82, 2.24) is 4.98 Å². The molecule has 0 aliphatic rings. The monoisotopic (exact) mass is 180 g/mol. The molecule has 0 aliphatic carbocycles. The summed E-state index contributed by atoms with van der Waals surface area (Å²) in [5.41, 5.74) is 1.03. The molecule has 1 aromatic rings. The fourth-order valence-corrected chi connectivity index (χ4v) is 0.904. The van der Waals surface area contributed by atoms with Crippen molar-refractivity contribution in [1.29, 1.82) is 0 Å². The maximum Gasteiger partial charge on any atom is 0.299 e. The first-order valence-corrected chi connectivity index (χ1v) is 3.55. The highest BCUT2D eigenvalue weighted by molar-refractivity contribution is 5.53. The lowest BCUT2D eigenvalue weighted by atomic mass is 10.2. The Morgan fingerprint density at radius 2 is 2.46 bits per heavy atom. The van der Waals surface area contributed by atoms with Crippen molar-refractivity contribution < 1.29 is 9.92 Å². The Balaban J connectivity index is 3.14. The van der Waals surface area contributed by atoms with Gasteiger partial charge in [0, 0.05) is 6.20 Å². The average Bonchev–Trinajstić information content (AvgIpc) is 2.08. The van der Waals surface area contributed by atoms with E-state index in [0.717, 1.165) is 0 Å². The highest BCUT2D eigenvalue weighted by Gasteiger charge is 2.08. The molecule has 0 amide bonds. The Hall–Kier alpha value is -1.91. The summed E-state index contributed by atoms with van der Waals surface area (Å²) >= 11 is 0. The van der Waals surface area contributed by atoms with Gasteiger partial charge in [0.2, 0.25) is 0 Å². The molecule has 0 spiro atoms. The third-order valence-electron chi connectivity index (χ3n) is 1.49. The van der Waals surface area contributed by atoms with E-state index in [4.69, 9.17) is 0 Å². The molecule has 5 heteroatoms. The van der Waals surface area contributed by atoms with Crippen LogP contribution in [0.4, 0.5) is 0 Å². The minimum absolute atomic E-state index is 0.141. The second kappa shape index (κ2) is 3.66. The van der Waals surface area contributed by atoms with Crippen LogP contribution >= 0.6 is 0 Å². The van der Waals surface area contributed by atoms with Crippen LogP contribution in [-0.4, -0.2) is 10.1 Å². The van der Waals surface area contributed by atoms with Crippen LogP contribution in [0.1, 0.15) is 11.3 Å². The number of hydrogen-bond acceptors (Lipinski definition) is 4. The molecular formula is C8H8N2O3. The molecule has 5 nitrogen and oxygen atoms in total. The van der Waals surface area contributed by atoms with E-state index >= 15 is 0 Å². The van der Waals surface area contributed by atoms with Crippen molar-refractivity contribution in [3.8, 4) is 5.75 Å². The van der Waals surface area contributed by atoms with Crippen LogP contribution in [0.3, 0.4) is 0 Å². The van der Waals surface area contributed by atoms with Crippen molar-refractivity contribution in [2.45, 2.75) is 6.92 Å². The normalized spacial score (nSPS) is 9.31. The molecule has 0 bridgehead atoms. The molecule has 0 atom stereocenters. The van der Waals surface area contributed by atoms with Gasteiger partial charge in [-0.15, -0.1) is 10.1 Å². The molecule has 13 heavy (non-hydrogen) atoms. The van der Waals surface area contributed by atoms with Gasteiger partial charge in [-0.2, -0.15) is 0 Å². The van der Waals surface area contributed by atoms with E-state index in [-0.39, 0.29) is 5.75 Å². The van der Waals surface area contributed by atoms with Crippen molar-refractivity contribution in [2.24, 2.45) is 0 Å². The number of aromatic nitrogens is 1. The summed E-state index contributed by atoms with van der Waals surface area (Å²) in [7, 11) is 0. The van der Waals surface area contributed by atoms with Crippen molar-refractivity contribution in [3.05, 3.63) is 40.2 Å². The number of pyridine rings is 1. The van der Waals surface area contributed by atoms with Crippen molar-refractivity contribution >= 4 is 6.08 Å². The van der Waals surface area contributed by atoms with Gasteiger partial charge in [0.15, 0.2) is 5.75 Å². The quantitative estimate of drug-likeness (QED) is 0.523. The molecule has 68 valence electrons. The predicted octanol–water partition coefficient (Wildman–Crippen LogP) is 1.60. The molecule has 1 aromatic heterocycles. The Kier molecular flexibility index (Phi) is 2.59. The predicted molar refractivity (Wildman–Crippen MR) is 46.7 cm³/mol. The van der Waals surface area contributed by atoms with Gasteiger partial charge in [-0.3, -0.25) is 9.82 Å². The van der Waals surface area contributed by atoms with Crippen LogP contribution in [0.2, 0.25) is 0 Å². The molecule has 0 saturated carbocycles. The lowest BCUT2D eigenvalue weighted by Crippen LogP contribution is -2.06. The van der Waals surface area contributed by atoms with Gasteiger partial charge in [-0.1, -0.05) is 6.58 Å². The summed E-state index contributed by atoms with van der Waals surface area (Å²) < 4.78 is 0. The molecule has 0 aliphatic heterocycles. The molecule has 0 fully saturated rings. The van der Waals surface area contributed by atoms with Gasteiger partial charge in [0.25, 0.3) is 5.09 Å².